The topological polar surface area (TPSA) is 12.0 Å². The highest BCUT2D eigenvalue weighted by atomic mass is 14.9. The summed E-state index contributed by atoms with van der Waals surface area (Å²) in [5, 5.41) is 3.66. The molecule has 94 valence electrons. The maximum Gasteiger partial charge on any atom is 0.0205 e. The van der Waals surface area contributed by atoms with Crippen LogP contribution in [0.25, 0.3) is 0 Å². The summed E-state index contributed by atoms with van der Waals surface area (Å²) >= 11 is 0. The number of hydrogen-bond donors (Lipinski definition) is 1. The van der Waals surface area contributed by atoms with E-state index >= 15 is 0 Å². The highest BCUT2D eigenvalue weighted by Crippen LogP contribution is 2.40. The highest BCUT2D eigenvalue weighted by Gasteiger charge is 2.31. The van der Waals surface area contributed by atoms with Gasteiger partial charge in [0, 0.05) is 13.1 Å². The molecule has 1 nitrogen and oxygen atoms in total. The second kappa shape index (κ2) is 5.68. The van der Waals surface area contributed by atoms with Crippen LogP contribution in [0.1, 0.15) is 50.2 Å². The van der Waals surface area contributed by atoms with Gasteiger partial charge >= 0.3 is 0 Å². The molecule has 0 unspecified atom stereocenters. The Labute approximate surface area is 106 Å². The van der Waals surface area contributed by atoms with Crippen molar-refractivity contribution in [3.05, 3.63) is 35.4 Å². The van der Waals surface area contributed by atoms with E-state index in [1.807, 2.05) is 0 Å². The zero-order valence-corrected chi connectivity index (χ0v) is 11.3. The number of nitrogens with one attached hydrogen (secondary N) is 1. The molecule has 1 heteroatoms. The van der Waals surface area contributed by atoms with Gasteiger partial charge in [-0.2, -0.15) is 0 Å². The molecule has 1 saturated carbocycles. The lowest BCUT2D eigenvalue weighted by atomic mass is 9.83. The minimum absolute atomic E-state index is 0.601. The summed E-state index contributed by atoms with van der Waals surface area (Å²) in [5.74, 6) is 0. The molecular weight excluding hydrogens is 206 g/mol. The Kier molecular flexibility index (Phi) is 4.22. The molecule has 1 aliphatic carbocycles. The van der Waals surface area contributed by atoms with Gasteiger partial charge in [-0.05, 0) is 37.2 Å². The van der Waals surface area contributed by atoms with Crippen LogP contribution < -0.4 is 5.32 Å². The van der Waals surface area contributed by atoms with E-state index in [1.165, 1.54) is 49.8 Å². The molecule has 0 heterocycles. The summed E-state index contributed by atoms with van der Waals surface area (Å²) in [6.45, 7) is 6.72. The average molecular weight is 231 g/mol. The maximum absolute atomic E-state index is 3.66. The van der Waals surface area contributed by atoms with Crippen molar-refractivity contribution in [3.8, 4) is 0 Å². The van der Waals surface area contributed by atoms with Crippen molar-refractivity contribution in [2.75, 3.05) is 6.54 Å². The Bertz CT molecular complexity index is 350. The van der Waals surface area contributed by atoms with E-state index in [0.29, 0.717) is 5.41 Å². The fourth-order valence-corrected chi connectivity index (χ4v) is 3.07. The lowest BCUT2D eigenvalue weighted by molar-refractivity contribution is 0.268. The van der Waals surface area contributed by atoms with Gasteiger partial charge in [-0.3, -0.25) is 0 Å². The first-order chi connectivity index (χ1) is 8.24. The van der Waals surface area contributed by atoms with Crippen molar-refractivity contribution >= 4 is 0 Å². The quantitative estimate of drug-likeness (QED) is 0.806. The first kappa shape index (κ1) is 12.6. The van der Waals surface area contributed by atoms with Gasteiger partial charge in [0.1, 0.15) is 0 Å². The van der Waals surface area contributed by atoms with E-state index in [0.717, 1.165) is 6.54 Å². The molecule has 1 N–H and O–H groups in total. The molecule has 0 aliphatic heterocycles. The van der Waals surface area contributed by atoms with Crippen LogP contribution in [0.4, 0.5) is 0 Å². The molecule has 0 bridgehead atoms. The van der Waals surface area contributed by atoms with E-state index in [4.69, 9.17) is 0 Å². The van der Waals surface area contributed by atoms with Crippen LogP contribution >= 0.6 is 0 Å². The smallest absolute Gasteiger partial charge is 0.0205 e. The van der Waals surface area contributed by atoms with Gasteiger partial charge in [0.05, 0.1) is 0 Å². The molecule has 0 atom stereocenters. The summed E-state index contributed by atoms with van der Waals surface area (Å²) in [7, 11) is 0. The minimum Gasteiger partial charge on any atom is -0.312 e. The molecular formula is C16H25N. The zero-order chi connectivity index (χ0) is 12.1. The first-order valence-electron chi connectivity index (χ1n) is 7.00. The number of aryl methyl sites for hydroxylation is 1. The van der Waals surface area contributed by atoms with Crippen molar-refractivity contribution in [2.24, 2.45) is 5.41 Å². The number of hydrogen-bond acceptors (Lipinski definition) is 1. The first-order valence-corrected chi connectivity index (χ1v) is 7.00. The van der Waals surface area contributed by atoms with Crippen LogP contribution in [0.2, 0.25) is 0 Å². The van der Waals surface area contributed by atoms with Crippen LogP contribution in [0.5, 0.6) is 0 Å². The molecule has 2 rings (SSSR count). The van der Waals surface area contributed by atoms with Crippen LogP contribution in [-0.2, 0) is 6.54 Å². The summed E-state index contributed by atoms with van der Waals surface area (Å²) < 4.78 is 0. The standard InChI is InChI=1S/C16H25N/c1-3-16(9-4-5-10-16)13-17-12-15-8-6-7-14(2)11-15/h6-8,11,17H,3-5,9-10,12-13H2,1-2H3. The van der Waals surface area contributed by atoms with E-state index in [9.17, 15) is 0 Å². The third kappa shape index (κ3) is 3.32. The summed E-state index contributed by atoms with van der Waals surface area (Å²) in [6.07, 6.45) is 7.03. The SMILES string of the molecule is CCC1(CNCc2cccc(C)c2)CCCC1. The Balaban J connectivity index is 1.82. The minimum atomic E-state index is 0.601. The van der Waals surface area contributed by atoms with E-state index in [1.54, 1.807) is 0 Å². The summed E-state index contributed by atoms with van der Waals surface area (Å²) in [6, 6.07) is 8.80. The molecule has 1 aromatic rings. The Morgan fingerprint density at radius 3 is 2.65 bits per heavy atom. The highest BCUT2D eigenvalue weighted by molar-refractivity contribution is 5.21. The summed E-state index contributed by atoms with van der Waals surface area (Å²) in [5.41, 5.74) is 3.37. The van der Waals surface area contributed by atoms with Gasteiger partial charge in [-0.25, -0.2) is 0 Å². The zero-order valence-electron chi connectivity index (χ0n) is 11.3. The lowest BCUT2D eigenvalue weighted by Gasteiger charge is -2.27. The van der Waals surface area contributed by atoms with Crippen molar-refractivity contribution < 1.29 is 0 Å². The van der Waals surface area contributed by atoms with Gasteiger partial charge in [0.2, 0.25) is 0 Å². The van der Waals surface area contributed by atoms with Gasteiger partial charge < -0.3 is 5.32 Å². The van der Waals surface area contributed by atoms with Crippen molar-refractivity contribution in [1.82, 2.24) is 5.32 Å². The molecule has 1 aliphatic rings. The van der Waals surface area contributed by atoms with Crippen LogP contribution in [0.15, 0.2) is 24.3 Å². The predicted molar refractivity (Wildman–Crippen MR) is 74.1 cm³/mol. The Morgan fingerprint density at radius 1 is 1.24 bits per heavy atom. The largest absolute Gasteiger partial charge is 0.312 e. The molecule has 0 spiro atoms. The third-order valence-corrected chi connectivity index (χ3v) is 4.33. The molecule has 0 amide bonds. The maximum atomic E-state index is 3.66. The Morgan fingerprint density at radius 2 is 2.00 bits per heavy atom. The number of benzene rings is 1. The molecule has 0 saturated heterocycles. The van der Waals surface area contributed by atoms with Gasteiger partial charge in [-0.15, -0.1) is 0 Å². The molecule has 0 radical (unpaired) electrons. The van der Waals surface area contributed by atoms with E-state index in [-0.39, 0.29) is 0 Å². The monoisotopic (exact) mass is 231 g/mol. The second-order valence-corrected chi connectivity index (χ2v) is 5.65. The average Bonchev–Trinajstić information content (AvgIpc) is 2.79. The van der Waals surface area contributed by atoms with Crippen molar-refractivity contribution in [2.45, 2.75) is 52.5 Å². The van der Waals surface area contributed by atoms with E-state index in [2.05, 4.69) is 43.4 Å². The third-order valence-electron chi connectivity index (χ3n) is 4.33. The fraction of sp³-hybridized carbons (Fsp3) is 0.625. The van der Waals surface area contributed by atoms with Crippen LogP contribution in [0, 0.1) is 12.3 Å². The molecule has 1 fully saturated rings. The predicted octanol–water partition coefficient (Wildman–Crippen LogP) is 4.06. The van der Waals surface area contributed by atoms with Gasteiger partial charge in [-0.1, -0.05) is 49.6 Å². The van der Waals surface area contributed by atoms with Crippen LogP contribution in [-0.4, -0.2) is 6.54 Å². The van der Waals surface area contributed by atoms with Crippen LogP contribution in [0.3, 0.4) is 0 Å². The molecule has 0 aromatic heterocycles. The fourth-order valence-electron chi connectivity index (χ4n) is 3.07. The normalized spacial score (nSPS) is 18.5. The van der Waals surface area contributed by atoms with Gasteiger partial charge in [0.15, 0.2) is 0 Å². The van der Waals surface area contributed by atoms with Crippen molar-refractivity contribution in [1.29, 1.82) is 0 Å². The number of rotatable bonds is 5. The van der Waals surface area contributed by atoms with E-state index < -0.39 is 0 Å². The molecule has 17 heavy (non-hydrogen) atoms. The Hall–Kier alpha value is -0.820. The van der Waals surface area contributed by atoms with Crippen molar-refractivity contribution in [3.63, 3.8) is 0 Å². The lowest BCUT2D eigenvalue weighted by Crippen LogP contribution is -2.31. The second-order valence-electron chi connectivity index (χ2n) is 5.65. The summed E-state index contributed by atoms with van der Waals surface area (Å²) in [4.78, 5) is 0. The van der Waals surface area contributed by atoms with Gasteiger partial charge in [0.25, 0.3) is 0 Å². The molecule has 1 aromatic carbocycles.